The van der Waals surface area contributed by atoms with Crippen molar-refractivity contribution < 1.29 is 4.79 Å². The van der Waals surface area contributed by atoms with Crippen LogP contribution in [0.15, 0.2) is 48.0 Å². The second kappa shape index (κ2) is 5.04. The van der Waals surface area contributed by atoms with Gasteiger partial charge in [-0.25, -0.2) is 0 Å². The number of thiophene rings is 1. The molecule has 2 heterocycles. The third-order valence-electron chi connectivity index (χ3n) is 4.01. The predicted octanol–water partition coefficient (Wildman–Crippen LogP) is 4.03. The molecule has 4 rings (SSSR count). The van der Waals surface area contributed by atoms with Crippen LogP contribution in [0.25, 0.3) is 10.9 Å². The highest BCUT2D eigenvalue weighted by Crippen LogP contribution is 2.31. The molecular formula is C17H16N2OS. The summed E-state index contributed by atoms with van der Waals surface area (Å²) in [6.45, 7) is 0.691. The third kappa shape index (κ3) is 2.36. The fraction of sp³-hybridized carbons (Fsp3) is 0.235. The molecule has 0 bridgehead atoms. The largest absolute Gasteiger partial charge is 0.361 e. The Labute approximate surface area is 127 Å². The molecule has 0 atom stereocenters. The topological polar surface area (TPSA) is 36.1 Å². The summed E-state index contributed by atoms with van der Waals surface area (Å²) in [4.78, 5) is 18.8. The van der Waals surface area contributed by atoms with E-state index in [9.17, 15) is 4.79 Å². The van der Waals surface area contributed by atoms with Crippen molar-refractivity contribution in [1.29, 1.82) is 0 Å². The normalized spacial score (nSPS) is 14.5. The fourth-order valence-electron chi connectivity index (χ4n) is 2.77. The number of carbonyl (C=O) groups excluding carboxylic acids is 1. The van der Waals surface area contributed by atoms with E-state index in [4.69, 9.17) is 0 Å². The highest BCUT2D eigenvalue weighted by Gasteiger charge is 2.33. The minimum atomic E-state index is 0.167. The number of H-pyrrole nitrogens is 1. The Bertz CT molecular complexity index is 771. The number of fused-ring (bicyclic) bond motifs is 1. The Morgan fingerprint density at radius 2 is 2.14 bits per heavy atom. The van der Waals surface area contributed by atoms with Gasteiger partial charge in [-0.15, -0.1) is 11.3 Å². The Kier molecular flexibility index (Phi) is 3.04. The van der Waals surface area contributed by atoms with Crippen LogP contribution in [0, 0.1) is 0 Å². The first-order valence-corrected chi connectivity index (χ1v) is 8.10. The number of hydrogen-bond donors (Lipinski definition) is 1. The average Bonchev–Trinajstić information content (AvgIpc) is 3.02. The quantitative estimate of drug-likeness (QED) is 0.775. The van der Waals surface area contributed by atoms with E-state index in [0.29, 0.717) is 12.6 Å². The zero-order chi connectivity index (χ0) is 14.2. The van der Waals surface area contributed by atoms with Gasteiger partial charge in [0.25, 0.3) is 5.91 Å². The fourth-order valence-corrected chi connectivity index (χ4v) is 3.45. The van der Waals surface area contributed by atoms with Crippen LogP contribution in [-0.2, 0) is 6.54 Å². The SMILES string of the molecule is O=C(c1cccs1)N(Cc1cccc2[nH]ccc12)C1CC1. The van der Waals surface area contributed by atoms with Gasteiger partial charge < -0.3 is 9.88 Å². The molecule has 0 spiro atoms. The molecule has 1 fully saturated rings. The lowest BCUT2D eigenvalue weighted by Gasteiger charge is -2.22. The monoisotopic (exact) mass is 296 g/mol. The number of benzene rings is 1. The summed E-state index contributed by atoms with van der Waals surface area (Å²) in [6, 6.07) is 12.6. The van der Waals surface area contributed by atoms with Crippen molar-refractivity contribution in [3.63, 3.8) is 0 Å². The first kappa shape index (κ1) is 12.7. The Morgan fingerprint density at radius 1 is 1.24 bits per heavy atom. The summed E-state index contributed by atoms with van der Waals surface area (Å²) < 4.78 is 0. The Hall–Kier alpha value is -2.07. The Balaban J connectivity index is 1.66. The van der Waals surface area contributed by atoms with Crippen molar-refractivity contribution in [1.82, 2.24) is 9.88 Å². The maximum absolute atomic E-state index is 12.7. The molecule has 0 unspecified atom stereocenters. The van der Waals surface area contributed by atoms with Crippen LogP contribution >= 0.6 is 11.3 Å². The van der Waals surface area contributed by atoms with E-state index in [1.165, 1.54) is 22.3 Å². The van der Waals surface area contributed by atoms with Crippen LogP contribution in [-0.4, -0.2) is 21.8 Å². The first-order chi connectivity index (χ1) is 10.3. The van der Waals surface area contributed by atoms with Gasteiger partial charge in [0, 0.05) is 29.7 Å². The van der Waals surface area contributed by atoms with Crippen molar-refractivity contribution >= 4 is 28.1 Å². The zero-order valence-electron chi connectivity index (χ0n) is 11.6. The van der Waals surface area contributed by atoms with Crippen LogP contribution < -0.4 is 0 Å². The smallest absolute Gasteiger partial charge is 0.264 e. The minimum Gasteiger partial charge on any atom is -0.361 e. The van der Waals surface area contributed by atoms with E-state index < -0.39 is 0 Å². The van der Waals surface area contributed by atoms with Crippen LogP contribution in [0.3, 0.4) is 0 Å². The van der Waals surface area contributed by atoms with Gasteiger partial charge in [0.15, 0.2) is 0 Å². The minimum absolute atomic E-state index is 0.167. The molecular weight excluding hydrogens is 280 g/mol. The second-order valence-electron chi connectivity index (χ2n) is 5.50. The number of rotatable bonds is 4. The van der Waals surface area contributed by atoms with Gasteiger partial charge in [-0.2, -0.15) is 0 Å². The number of amides is 1. The molecule has 1 aliphatic rings. The highest BCUT2D eigenvalue weighted by molar-refractivity contribution is 7.12. The maximum atomic E-state index is 12.7. The van der Waals surface area contributed by atoms with Gasteiger partial charge in [-0.1, -0.05) is 18.2 Å². The first-order valence-electron chi connectivity index (χ1n) is 7.22. The van der Waals surface area contributed by atoms with E-state index in [1.54, 1.807) is 0 Å². The molecule has 1 aromatic carbocycles. The number of hydrogen-bond acceptors (Lipinski definition) is 2. The van der Waals surface area contributed by atoms with Crippen LogP contribution in [0.5, 0.6) is 0 Å². The van der Waals surface area contributed by atoms with Crippen LogP contribution in [0.1, 0.15) is 28.1 Å². The number of aromatic amines is 1. The van der Waals surface area contributed by atoms with E-state index in [-0.39, 0.29) is 5.91 Å². The lowest BCUT2D eigenvalue weighted by atomic mass is 10.1. The number of carbonyl (C=O) groups is 1. The lowest BCUT2D eigenvalue weighted by Crippen LogP contribution is -2.32. The summed E-state index contributed by atoms with van der Waals surface area (Å²) in [6.07, 6.45) is 4.21. The molecule has 0 saturated heterocycles. The Morgan fingerprint density at radius 3 is 2.90 bits per heavy atom. The van der Waals surface area contributed by atoms with E-state index in [1.807, 2.05) is 28.6 Å². The average molecular weight is 296 g/mol. The van der Waals surface area contributed by atoms with Gasteiger partial charge in [0.2, 0.25) is 0 Å². The van der Waals surface area contributed by atoms with Crippen molar-refractivity contribution in [2.24, 2.45) is 0 Å². The predicted molar refractivity (Wildman–Crippen MR) is 85.5 cm³/mol. The van der Waals surface area contributed by atoms with E-state index in [0.717, 1.165) is 23.2 Å². The van der Waals surface area contributed by atoms with Gasteiger partial charge in [-0.3, -0.25) is 4.79 Å². The molecule has 106 valence electrons. The van der Waals surface area contributed by atoms with Crippen LogP contribution in [0.4, 0.5) is 0 Å². The van der Waals surface area contributed by atoms with E-state index in [2.05, 4.69) is 29.2 Å². The summed E-state index contributed by atoms with van der Waals surface area (Å²) in [7, 11) is 0. The molecule has 1 saturated carbocycles. The molecule has 2 aromatic heterocycles. The summed E-state index contributed by atoms with van der Waals surface area (Å²) in [5.74, 6) is 0.167. The van der Waals surface area contributed by atoms with Gasteiger partial charge in [0.1, 0.15) is 0 Å². The molecule has 1 aliphatic carbocycles. The highest BCUT2D eigenvalue weighted by atomic mass is 32.1. The number of nitrogens with zero attached hydrogens (tertiary/aromatic N) is 1. The number of aromatic nitrogens is 1. The molecule has 4 heteroatoms. The zero-order valence-corrected chi connectivity index (χ0v) is 12.4. The van der Waals surface area contributed by atoms with Crippen LogP contribution in [0.2, 0.25) is 0 Å². The van der Waals surface area contributed by atoms with Gasteiger partial charge in [-0.05, 0) is 42.0 Å². The van der Waals surface area contributed by atoms with Crippen molar-refractivity contribution in [2.45, 2.75) is 25.4 Å². The summed E-state index contributed by atoms with van der Waals surface area (Å²) >= 11 is 1.52. The molecule has 3 nitrogen and oxygen atoms in total. The molecule has 1 N–H and O–H groups in total. The van der Waals surface area contributed by atoms with Gasteiger partial charge in [0.05, 0.1) is 4.88 Å². The van der Waals surface area contributed by atoms with Crippen molar-refractivity contribution in [3.8, 4) is 0 Å². The molecule has 3 aromatic rings. The molecule has 0 radical (unpaired) electrons. The lowest BCUT2D eigenvalue weighted by molar-refractivity contribution is 0.0735. The maximum Gasteiger partial charge on any atom is 0.264 e. The molecule has 0 aliphatic heterocycles. The summed E-state index contributed by atoms with van der Waals surface area (Å²) in [5, 5.41) is 3.17. The van der Waals surface area contributed by atoms with Gasteiger partial charge >= 0.3 is 0 Å². The second-order valence-corrected chi connectivity index (χ2v) is 6.45. The summed E-state index contributed by atoms with van der Waals surface area (Å²) in [5.41, 5.74) is 2.34. The van der Waals surface area contributed by atoms with Crippen molar-refractivity contribution in [2.75, 3.05) is 0 Å². The third-order valence-corrected chi connectivity index (χ3v) is 4.86. The molecule has 1 amide bonds. The number of nitrogens with one attached hydrogen (secondary N) is 1. The van der Waals surface area contributed by atoms with E-state index >= 15 is 0 Å². The standard InChI is InChI=1S/C17H16N2OS/c20-17(16-5-2-10-21-16)19(13-6-7-13)11-12-3-1-4-15-14(12)8-9-18-15/h1-5,8-10,13,18H,6-7,11H2. The molecule has 21 heavy (non-hydrogen) atoms. The van der Waals surface area contributed by atoms with Crippen molar-refractivity contribution in [3.05, 3.63) is 58.4 Å².